The second-order valence-electron chi connectivity index (χ2n) is 2.93. The monoisotopic (exact) mass is 223 g/mol. The summed E-state index contributed by atoms with van der Waals surface area (Å²) in [5, 5.41) is 0. The Labute approximate surface area is 87.6 Å². The van der Waals surface area contributed by atoms with Crippen LogP contribution in [0.2, 0.25) is 0 Å². The van der Waals surface area contributed by atoms with Gasteiger partial charge in [-0.25, -0.2) is 8.42 Å². The average molecular weight is 223 g/mol. The molecule has 0 aliphatic rings. The standard InChI is InChI=1S/C10H9NO3S/c12-15(13,10-4-2-1-3-5-10)11-9-6-7-14-8-9/h1-8,11H. The normalized spacial score (nSPS) is 11.2. The molecule has 78 valence electrons. The maximum absolute atomic E-state index is 11.7. The zero-order valence-electron chi connectivity index (χ0n) is 7.75. The molecule has 0 radical (unpaired) electrons. The summed E-state index contributed by atoms with van der Waals surface area (Å²) in [4.78, 5) is 0.228. The van der Waals surface area contributed by atoms with Crippen molar-refractivity contribution < 1.29 is 12.8 Å². The van der Waals surface area contributed by atoms with Crippen LogP contribution in [0.4, 0.5) is 5.69 Å². The molecule has 0 unspecified atom stereocenters. The van der Waals surface area contributed by atoms with Crippen molar-refractivity contribution in [1.29, 1.82) is 0 Å². The van der Waals surface area contributed by atoms with Crippen LogP contribution in [0, 0.1) is 0 Å². The highest BCUT2D eigenvalue weighted by Gasteiger charge is 2.13. The van der Waals surface area contributed by atoms with Gasteiger partial charge in [-0.15, -0.1) is 0 Å². The lowest BCUT2D eigenvalue weighted by atomic mass is 10.4. The van der Waals surface area contributed by atoms with Crippen molar-refractivity contribution in [3.05, 3.63) is 48.9 Å². The van der Waals surface area contributed by atoms with Gasteiger partial charge >= 0.3 is 0 Å². The molecule has 1 aromatic heterocycles. The van der Waals surface area contributed by atoms with Crippen LogP contribution in [0.25, 0.3) is 0 Å². The van der Waals surface area contributed by atoms with Gasteiger partial charge in [0.2, 0.25) is 0 Å². The first-order chi connectivity index (χ1) is 7.18. The van der Waals surface area contributed by atoms with E-state index in [4.69, 9.17) is 4.42 Å². The molecular formula is C10H9NO3S. The molecule has 2 aromatic rings. The molecule has 15 heavy (non-hydrogen) atoms. The number of furan rings is 1. The molecule has 0 spiro atoms. The minimum Gasteiger partial charge on any atom is -0.470 e. The molecule has 4 nitrogen and oxygen atoms in total. The summed E-state index contributed by atoms with van der Waals surface area (Å²) in [6.45, 7) is 0. The zero-order valence-corrected chi connectivity index (χ0v) is 8.57. The van der Waals surface area contributed by atoms with Crippen molar-refractivity contribution >= 4 is 15.7 Å². The van der Waals surface area contributed by atoms with Gasteiger partial charge in [0, 0.05) is 6.07 Å². The van der Waals surface area contributed by atoms with E-state index >= 15 is 0 Å². The molecule has 1 N–H and O–H groups in total. The summed E-state index contributed by atoms with van der Waals surface area (Å²) in [6.07, 6.45) is 2.74. The third-order valence-electron chi connectivity index (χ3n) is 1.83. The predicted octanol–water partition coefficient (Wildman–Crippen LogP) is 2.08. The van der Waals surface area contributed by atoms with Gasteiger partial charge in [-0.3, -0.25) is 4.72 Å². The smallest absolute Gasteiger partial charge is 0.261 e. The summed E-state index contributed by atoms with van der Waals surface area (Å²) < 4.78 is 30.7. The Balaban J connectivity index is 2.29. The number of rotatable bonds is 3. The Kier molecular flexibility index (Phi) is 2.47. The third-order valence-corrected chi connectivity index (χ3v) is 3.22. The van der Waals surface area contributed by atoms with Gasteiger partial charge in [0.1, 0.15) is 6.26 Å². The van der Waals surface area contributed by atoms with Gasteiger partial charge in [0.05, 0.1) is 16.8 Å². The van der Waals surface area contributed by atoms with E-state index in [-0.39, 0.29) is 4.90 Å². The molecule has 0 aliphatic heterocycles. The van der Waals surface area contributed by atoms with Crippen LogP contribution in [0.1, 0.15) is 0 Å². The maximum Gasteiger partial charge on any atom is 0.261 e. The Hall–Kier alpha value is -1.75. The highest BCUT2D eigenvalue weighted by atomic mass is 32.2. The minimum absolute atomic E-state index is 0.228. The number of hydrogen-bond acceptors (Lipinski definition) is 3. The fourth-order valence-corrected chi connectivity index (χ4v) is 2.20. The Morgan fingerprint density at radius 1 is 1.07 bits per heavy atom. The van der Waals surface area contributed by atoms with Crippen LogP contribution >= 0.6 is 0 Å². The van der Waals surface area contributed by atoms with E-state index in [1.165, 1.54) is 24.7 Å². The van der Waals surface area contributed by atoms with Crippen molar-refractivity contribution in [3.63, 3.8) is 0 Å². The number of anilines is 1. The Morgan fingerprint density at radius 3 is 2.40 bits per heavy atom. The molecule has 2 rings (SSSR count). The van der Waals surface area contributed by atoms with Crippen molar-refractivity contribution in [2.75, 3.05) is 4.72 Å². The first-order valence-corrected chi connectivity index (χ1v) is 5.77. The number of sulfonamides is 1. The summed E-state index contributed by atoms with van der Waals surface area (Å²) in [6, 6.07) is 9.70. The van der Waals surface area contributed by atoms with Gasteiger partial charge in [-0.2, -0.15) is 0 Å². The van der Waals surface area contributed by atoms with Crippen LogP contribution in [-0.4, -0.2) is 8.42 Å². The van der Waals surface area contributed by atoms with Gasteiger partial charge in [-0.1, -0.05) is 18.2 Å². The maximum atomic E-state index is 11.7. The Morgan fingerprint density at radius 2 is 1.80 bits per heavy atom. The minimum atomic E-state index is -3.49. The van der Waals surface area contributed by atoms with Crippen LogP contribution in [0.15, 0.2) is 58.2 Å². The van der Waals surface area contributed by atoms with Crippen LogP contribution < -0.4 is 4.72 Å². The second kappa shape index (κ2) is 3.78. The van der Waals surface area contributed by atoms with Gasteiger partial charge in [0.25, 0.3) is 10.0 Å². The summed E-state index contributed by atoms with van der Waals surface area (Å²) in [5.74, 6) is 0. The number of benzene rings is 1. The topological polar surface area (TPSA) is 59.3 Å². The third kappa shape index (κ3) is 2.19. The SMILES string of the molecule is O=S(=O)(Nc1ccoc1)c1ccccc1. The van der Waals surface area contributed by atoms with Crippen LogP contribution in [0.3, 0.4) is 0 Å². The quantitative estimate of drug-likeness (QED) is 0.866. The van der Waals surface area contributed by atoms with Crippen molar-refractivity contribution in [2.45, 2.75) is 4.90 Å². The first kappa shape index (κ1) is 9.79. The molecule has 0 bridgehead atoms. The fourth-order valence-electron chi connectivity index (χ4n) is 1.14. The molecule has 0 atom stereocenters. The summed E-state index contributed by atoms with van der Waals surface area (Å²) in [7, 11) is -3.49. The molecule has 0 amide bonds. The van der Waals surface area contributed by atoms with E-state index in [0.29, 0.717) is 5.69 Å². The van der Waals surface area contributed by atoms with Crippen LogP contribution in [0.5, 0.6) is 0 Å². The highest BCUT2D eigenvalue weighted by molar-refractivity contribution is 7.92. The molecule has 1 aromatic carbocycles. The Bertz CT molecular complexity index is 517. The predicted molar refractivity (Wildman–Crippen MR) is 56.0 cm³/mol. The van der Waals surface area contributed by atoms with Crippen LogP contribution in [-0.2, 0) is 10.0 Å². The molecule has 0 saturated carbocycles. The molecule has 1 heterocycles. The van der Waals surface area contributed by atoms with E-state index in [9.17, 15) is 8.42 Å². The lowest BCUT2D eigenvalue weighted by molar-refractivity contribution is 0.567. The van der Waals surface area contributed by atoms with Crippen molar-refractivity contribution in [2.24, 2.45) is 0 Å². The average Bonchev–Trinajstić information content (AvgIpc) is 2.71. The fraction of sp³-hybridized carbons (Fsp3) is 0. The lowest BCUT2D eigenvalue weighted by Gasteiger charge is -2.04. The molecule has 0 saturated heterocycles. The number of nitrogens with one attached hydrogen (secondary N) is 1. The summed E-state index contributed by atoms with van der Waals surface area (Å²) in [5.41, 5.74) is 0.416. The van der Waals surface area contributed by atoms with Crippen molar-refractivity contribution in [3.8, 4) is 0 Å². The molecule has 0 aliphatic carbocycles. The van der Waals surface area contributed by atoms with E-state index in [1.54, 1.807) is 24.3 Å². The lowest BCUT2D eigenvalue weighted by Crippen LogP contribution is -2.11. The molecule has 5 heteroatoms. The van der Waals surface area contributed by atoms with E-state index < -0.39 is 10.0 Å². The van der Waals surface area contributed by atoms with E-state index in [2.05, 4.69) is 4.72 Å². The summed E-state index contributed by atoms with van der Waals surface area (Å²) >= 11 is 0. The van der Waals surface area contributed by atoms with Crippen molar-refractivity contribution in [1.82, 2.24) is 0 Å². The van der Waals surface area contributed by atoms with Gasteiger partial charge in [-0.05, 0) is 12.1 Å². The molecule has 0 fully saturated rings. The van der Waals surface area contributed by atoms with E-state index in [1.807, 2.05) is 0 Å². The highest BCUT2D eigenvalue weighted by Crippen LogP contribution is 2.15. The van der Waals surface area contributed by atoms with Gasteiger partial charge in [0.15, 0.2) is 0 Å². The zero-order chi connectivity index (χ0) is 10.7. The second-order valence-corrected chi connectivity index (χ2v) is 4.61. The largest absolute Gasteiger partial charge is 0.470 e. The molecular weight excluding hydrogens is 214 g/mol. The van der Waals surface area contributed by atoms with E-state index in [0.717, 1.165) is 0 Å². The number of hydrogen-bond donors (Lipinski definition) is 1. The first-order valence-electron chi connectivity index (χ1n) is 4.28. The van der Waals surface area contributed by atoms with Gasteiger partial charge < -0.3 is 4.42 Å².